The summed E-state index contributed by atoms with van der Waals surface area (Å²) in [6, 6.07) is 0. The molecule has 22 heavy (non-hydrogen) atoms. The van der Waals surface area contributed by atoms with Gasteiger partial charge in [0, 0.05) is 39.4 Å². The molecule has 1 spiro atoms. The Labute approximate surface area is 130 Å². The Morgan fingerprint density at radius 3 is 2.77 bits per heavy atom. The molecule has 0 saturated carbocycles. The number of piperidine rings is 1. The molecule has 0 N–H and O–H groups in total. The van der Waals surface area contributed by atoms with Gasteiger partial charge in [-0.2, -0.15) is 4.98 Å². The SMILES string of the molecule is Cc1cnc(N2CCC[C@@]3(CN(C)C(=O)O3)C2)nc1N(C)C. The molecule has 0 unspecified atom stereocenters. The standard InChI is InChI=1S/C15H23N5O2/c1-11-8-16-13(17-12(11)18(2)3)20-7-5-6-15(10-20)9-19(4)14(21)22-15/h8H,5-7,9-10H2,1-4H3/t15-/m1/s1. The smallest absolute Gasteiger partial charge is 0.410 e. The molecule has 1 aromatic heterocycles. The summed E-state index contributed by atoms with van der Waals surface area (Å²) < 4.78 is 5.63. The van der Waals surface area contributed by atoms with Crippen molar-refractivity contribution in [3.05, 3.63) is 11.8 Å². The van der Waals surface area contributed by atoms with E-state index in [-0.39, 0.29) is 6.09 Å². The number of amides is 1. The maximum atomic E-state index is 11.7. The van der Waals surface area contributed by atoms with Crippen molar-refractivity contribution in [2.45, 2.75) is 25.4 Å². The summed E-state index contributed by atoms with van der Waals surface area (Å²) in [4.78, 5) is 26.6. The zero-order chi connectivity index (χ0) is 15.9. The van der Waals surface area contributed by atoms with Crippen LogP contribution in [-0.4, -0.2) is 67.3 Å². The minimum atomic E-state index is -0.420. The van der Waals surface area contributed by atoms with E-state index >= 15 is 0 Å². The average molecular weight is 305 g/mol. The molecule has 0 radical (unpaired) electrons. The van der Waals surface area contributed by atoms with Gasteiger partial charge in [-0.1, -0.05) is 0 Å². The van der Waals surface area contributed by atoms with Crippen molar-refractivity contribution in [1.82, 2.24) is 14.9 Å². The monoisotopic (exact) mass is 305 g/mol. The highest BCUT2D eigenvalue weighted by molar-refractivity contribution is 5.70. The number of rotatable bonds is 2. The second-order valence-electron chi connectivity index (χ2n) is 6.50. The molecule has 2 fully saturated rings. The van der Waals surface area contributed by atoms with E-state index in [0.29, 0.717) is 19.0 Å². The number of ether oxygens (including phenoxy) is 1. The highest BCUT2D eigenvalue weighted by Crippen LogP contribution is 2.33. The highest BCUT2D eigenvalue weighted by atomic mass is 16.6. The van der Waals surface area contributed by atoms with Crippen LogP contribution < -0.4 is 9.80 Å². The van der Waals surface area contributed by atoms with E-state index in [9.17, 15) is 4.79 Å². The van der Waals surface area contributed by atoms with Crippen molar-refractivity contribution in [3.8, 4) is 0 Å². The Morgan fingerprint density at radius 2 is 2.14 bits per heavy atom. The fourth-order valence-corrected chi connectivity index (χ4v) is 3.30. The number of aromatic nitrogens is 2. The number of nitrogens with zero attached hydrogens (tertiary/aromatic N) is 5. The third kappa shape index (κ3) is 2.55. The summed E-state index contributed by atoms with van der Waals surface area (Å²) in [5.74, 6) is 1.63. The first-order chi connectivity index (χ1) is 10.4. The molecule has 1 amide bonds. The molecule has 2 aliphatic heterocycles. The summed E-state index contributed by atoms with van der Waals surface area (Å²) >= 11 is 0. The van der Waals surface area contributed by atoms with Crippen LogP contribution in [0.1, 0.15) is 18.4 Å². The van der Waals surface area contributed by atoms with E-state index in [4.69, 9.17) is 4.74 Å². The summed E-state index contributed by atoms with van der Waals surface area (Å²) in [6.07, 6.45) is 3.48. The average Bonchev–Trinajstić information content (AvgIpc) is 2.73. The first-order valence-corrected chi connectivity index (χ1v) is 7.60. The third-order valence-electron chi connectivity index (χ3n) is 4.32. The second-order valence-corrected chi connectivity index (χ2v) is 6.50. The number of likely N-dealkylation sites (N-methyl/N-ethyl adjacent to an activating group) is 1. The Kier molecular flexibility index (Phi) is 3.58. The number of anilines is 2. The Hall–Kier alpha value is -2.05. The van der Waals surface area contributed by atoms with Gasteiger partial charge in [-0.15, -0.1) is 0 Å². The predicted octanol–water partition coefficient (Wildman–Crippen LogP) is 1.27. The van der Waals surface area contributed by atoms with Crippen LogP contribution in [-0.2, 0) is 4.74 Å². The van der Waals surface area contributed by atoms with Crippen LogP contribution in [0.4, 0.5) is 16.6 Å². The van der Waals surface area contributed by atoms with Crippen LogP contribution in [0.2, 0.25) is 0 Å². The molecule has 1 atom stereocenters. The number of carbonyl (C=O) groups excluding carboxylic acids is 1. The zero-order valence-electron chi connectivity index (χ0n) is 13.7. The van der Waals surface area contributed by atoms with Crippen molar-refractivity contribution in [2.75, 3.05) is 50.6 Å². The van der Waals surface area contributed by atoms with Crippen LogP contribution in [0.25, 0.3) is 0 Å². The van der Waals surface area contributed by atoms with Crippen LogP contribution in [0.15, 0.2) is 6.20 Å². The molecule has 7 nitrogen and oxygen atoms in total. The van der Waals surface area contributed by atoms with E-state index in [0.717, 1.165) is 30.8 Å². The maximum Gasteiger partial charge on any atom is 0.410 e. The van der Waals surface area contributed by atoms with Gasteiger partial charge in [0.05, 0.1) is 13.1 Å². The van der Waals surface area contributed by atoms with Gasteiger partial charge in [0.1, 0.15) is 11.4 Å². The van der Waals surface area contributed by atoms with Gasteiger partial charge < -0.3 is 19.4 Å². The molecule has 3 rings (SSSR count). The summed E-state index contributed by atoms with van der Waals surface area (Å²) in [7, 11) is 5.73. The molecule has 2 aliphatic rings. The van der Waals surface area contributed by atoms with Gasteiger partial charge >= 0.3 is 6.09 Å². The van der Waals surface area contributed by atoms with Gasteiger partial charge in [-0.3, -0.25) is 0 Å². The molecular weight excluding hydrogens is 282 g/mol. The lowest BCUT2D eigenvalue weighted by atomic mass is 9.93. The maximum absolute atomic E-state index is 11.7. The van der Waals surface area contributed by atoms with E-state index in [1.807, 2.05) is 32.1 Å². The van der Waals surface area contributed by atoms with Crippen LogP contribution in [0, 0.1) is 6.92 Å². The minimum absolute atomic E-state index is 0.236. The second kappa shape index (κ2) is 5.30. The molecule has 3 heterocycles. The van der Waals surface area contributed by atoms with Crippen molar-refractivity contribution >= 4 is 17.9 Å². The van der Waals surface area contributed by atoms with Crippen molar-refractivity contribution in [1.29, 1.82) is 0 Å². The number of aryl methyl sites for hydroxylation is 1. The van der Waals surface area contributed by atoms with Gasteiger partial charge in [0.15, 0.2) is 0 Å². The van der Waals surface area contributed by atoms with E-state index in [1.54, 1.807) is 11.9 Å². The Morgan fingerprint density at radius 1 is 1.36 bits per heavy atom. The van der Waals surface area contributed by atoms with Crippen LogP contribution in [0.5, 0.6) is 0 Å². The number of carbonyl (C=O) groups is 1. The van der Waals surface area contributed by atoms with Gasteiger partial charge in [0.25, 0.3) is 0 Å². The number of hydrogen-bond acceptors (Lipinski definition) is 6. The quantitative estimate of drug-likeness (QED) is 0.820. The lowest BCUT2D eigenvalue weighted by Crippen LogP contribution is -2.51. The Bertz CT molecular complexity index is 591. The van der Waals surface area contributed by atoms with Crippen LogP contribution in [0.3, 0.4) is 0 Å². The lowest BCUT2D eigenvalue weighted by molar-refractivity contribution is 0.0443. The molecule has 120 valence electrons. The van der Waals surface area contributed by atoms with Crippen molar-refractivity contribution < 1.29 is 9.53 Å². The highest BCUT2D eigenvalue weighted by Gasteiger charge is 2.47. The van der Waals surface area contributed by atoms with Gasteiger partial charge in [-0.05, 0) is 19.8 Å². The van der Waals surface area contributed by atoms with Crippen LogP contribution >= 0.6 is 0 Å². The minimum Gasteiger partial charge on any atom is -0.439 e. The lowest BCUT2D eigenvalue weighted by Gasteiger charge is -2.38. The fourth-order valence-electron chi connectivity index (χ4n) is 3.30. The first-order valence-electron chi connectivity index (χ1n) is 7.60. The topological polar surface area (TPSA) is 61.8 Å². The normalized spacial score (nSPS) is 24.8. The van der Waals surface area contributed by atoms with Gasteiger partial charge in [0.2, 0.25) is 5.95 Å². The molecule has 0 aliphatic carbocycles. The summed E-state index contributed by atoms with van der Waals surface area (Å²) in [6.45, 7) is 4.18. The van der Waals surface area contributed by atoms with Gasteiger partial charge in [-0.25, -0.2) is 9.78 Å². The molecule has 0 aromatic carbocycles. The van der Waals surface area contributed by atoms with E-state index in [1.165, 1.54) is 0 Å². The first kappa shape index (κ1) is 14.9. The summed E-state index contributed by atoms with van der Waals surface area (Å²) in [5.41, 5.74) is 0.629. The largest absolute Gasteiger partial charge is 0.439 e. The fraction of sp³-hybridized carbons (Fsp3) is 0.667. The number of hydrogen-bond donors (Lipinski definition) is 0. The van der Waals surface area contributed by atoms with E-state index < -0.39 is 5.60 Å². The Balaban J connectivity index is 1.84. The molecular formula is C15H23N5O2. The molecule has 0 bridgehead atoms. The molecule has 1 aromatic rings. The molecule has 7 heteroatoms. The van der Waals surface area contributed by atoms with Crippen molar-refractivity contribution in [3.63, 3.8) is 0 Å². The third-order valence-corrected chi connectivity index (χ3v) is 4.32. The van der Waals surface area contributed by atoms with E-state index in [2.05, 4.69) is 14.9 Å². The summed E-state index contributed by atoms with van der Waals surface area (Å²) in [5, 5.41) is 0. The zero-order valence-corrected chi connectivity index (χ0v) is 13.7. The predicted molar refractivity (Wildman–Crippen MR) is 84.4 cm³/mol. The molecule has 2 saturated heterocycles. The van der Waals surface area contributed by atoms with Crippen molar-refractivity contribution in [2.24, 2.45) is 0 Å².